The van der Waals surface area contributed by atoms with Gasteiger partial charge in [0.05, 0.1) is 11.0 Å². The number of rotatable bonds is 2. The standard InChI is InChI=1S/C13H8F3N3S2/c1-7-6-20-12(17-7)21-11-10(13(14,15)16)18-8-4-2-3-5-9(8)19-11/h2-6H,1H3. The van der Waals surface area contributed by atoms with Gasteiger partial charge >= 0.3 is 6.18 Å². The van der Waals surface area contributed by atoms with Crippen LogP contribution >= 0.6 is 23.1 Å². The first kappa shape index (κ1) is 14.3. The molecule has 0 unspecified atom stereocenters. The number of para-hydroxylation sites is 2. The molecule has 3 aromatic rings. The van der Waals surface area contributed by atoms with Crippen molar-refractivity contribution < 1.29 is 13.2 Å². The molecule has 8 heteroatoms. The van der Waals surface area contributed by atoms with Crippen molar-refractivity contribution in [1.82, 2.24) is 15.0 Å². The molecule has 0 aliphatic carbocycles. The Morgan fingerprint density at radius 1 is 1.05 bits per heavy atom. The van der Waals surface area contributed by atoms with Crippen LogP contribution in [0.5, 0.6) is 0 Å². The number of hydrogen-bond acceptors (Lipinski definition) is 5. The molecule has 3 rings (SSSR count). The highest BCUT2D eigenvalue weighted by Crippen LogP contribution is 2.38. The summed E-state index contributed by atoms with van der Waals surface area (Å²) in [5.74, 6) is 0. The highest BCUT2D eigenvalue weighted by molar-refractivity contribution is 8.01. The topological polar surface area (TPSA) is 38.7 Å². The summed E-state index contributed by atoms with van der Waals surface area (Å²) >= 11 is 2.18. The van der Waals surface area contributed by atoms with Gasteiger partial charge in [0.2, 0.25) is 0 Å². The first-order chi connectivity index (χ1) is 9.93. The lowest BCUT2D eigenvalue weighted by atomic mass is 10.3. The van der Waals surface area contributed by atoms with Gasteiger partial charge < -0.3 is 0 Å². The molecule has 0 saturated heterocycles. The first-order valence-corrected chi connectivity index (χ1v) is 7.57. The van der Waals surface area contributed by atoms with Crippen LogP contribution in [0.25, 0.3) is 11.0 Å². The Morgan fingerprint density at radius 3 is 2.29 bits per heavy atom. The van der Waals surface area contributed by atoms with Crippen LogP contribution in [0.2, 0.25) is 0 Å². The van der Waals surface area contributed by atoms with Crippen molar-refractivity contribution in [3.8, 4) is 0 Å². The molecule has 108 valence electrons. The molecule has 1 aromatic carbocycles. The van der Waals surface area contributed by atoms with E-state index in [1.807, 2.05) is 0 Å². The Hall–Kier alpha value is -1.67. The molecule has 0 amide bonds. The monoisotopic (exact) mass is 327 g/mol. The molecule has 0 saturated carbocycles. The largest absolute Gasteiger partial charge is 0.436 e. The van der Waals surface area contributed by atoms with Crippen LogP contribution in [0.3, 0.4) is 0 Å². The molecular weight excluding hydrogens is 319 g/mol. The summed E-state index contributed by atoms with van der Waals surface area (Å²) in [4.78, 5) is 12.0. The molecule has 0 fully saturated rings. The molecule has 21 heavy (non-hydrogen) atoms. The molecule has 0 bridgehead atoms. The smallest absolute Gasteiger partial charge is 0.239 e. The third-order valence-electron chi connectivity index (χ3n) is 2.59. The maximum Gasteiger partial charge on any atom is 0.436 e. The van der Waals surface area contributed by atoms with E-state index in [2.05, 4.69) is 15.0 Å². The zero-order valence-corrected chi connectivity index (χ0v) is 12.3. The molecule has 0 radical (unpaired) electrons. The quantitative estimate of drug-likeness (QED) is 0.691. The number of thiazole rings is 1. The summed E-state index contributed by atoms with van der Waals surface area (Å²) in [5.41, 5.74) is 0.453. The minimum Gasteiger partial charge on any atom is -0.239 e. The number of alkyl halides is 3. The van der Waals surface area contributed by atoms with Crippen molar-refractivity contribution in [2.75, 3.05) is 0 Å². The van der Waals surface area contributed by atoms with Gasteiger partial charge in [-0.15, -0.1) is 11.3 Å². The maximum absolute atomic E-state index is 13.2. The summed E-state index contributed by atoms with van der Waals surface area (Å²) in [6, 6.07) is 6.50. The van der Waals surface area contributed by atoms with Crippen molar-refractivity contribution in [3.63, 3.8) is 0 Å². The number of benzene rings is 1. The van der Waals surface area contributed by atoms with Crippen LogP contribution in [0.4, 0.5) is 13.2 Å². The average Bonchev–Trinajstić information content (AvgIpc) is 2.82. The van der Waals surface area contributed by atoms with Gasteiger partial charge in [-0.1, -0.05) is 12.1 Å². The minimum atomic E-state index is -4.55. The lowest BCUT2D eigenvalue weighted by Crippen LogP contribution is -2.11. The fourth-order valence-electron chi connectivity index (χ4n) is 1.70. The van der Waals surface area contributed by atoms with E-state index in [4.69, 9.17) is 0 Å². The molecule has 0 spiro atoms. The van der Waals surface area contributed by atoms with E-state index in [1.165, 1.54) is 17.4 Å². The van der Waals surface area contributed by atoms with E-state index in [9.17, 15) is 13.2 Å². The van der Waals surface area contributed by atoms with Gasteiger partial charge in [-0.2, -0.15) is 13.2 Å². The summed E-state index contributed by atoms with van der Waals surface area (Å²) < 4.78 is 40.0. The predicted octanol–water partition coefficient (Wildman–Crippen LogP) is 4.56. The molecule has 0 aliphatic rings. The highest BCUT2D eigenvalue weighted by atomic mass is 32.2. The Morgan fingerprint density at radius 2 is 1.71 bits per heavy atom. The Labute approximate surface area is 126 Å². The van der Waals surface area contributed by atoms with Gasteiger partial charge in [-0.3, -0.25) is 0 Å². The number of aryl methyl sites for hydroxylation is 1. The molecular formula is C13H8F3N3S2. The molecule has 0 atom stereocenters. The number of nitrogens with zero attached hydrogens (tertiary/aromatic N) is 3. The molecule has 3 nitrogen and oxygen atoms in total. The summed E-state index contributed by atoms with van der Waals surface area (Å²) in [6.45, 7) is 1.79. The second-order valence-corrected chi connectivity index (χ2v) is 6.31. The average molecular weight is 327 g/mol. The highest BCUT2D eigenvalue weighted by Gasteiger charge is 2.37. The second kappa shape index (κ2) is 5.27. The van der Waals surface area contributed by atoms with E-state index in [1.54, 1.807) is 30.5 Å². The third-order valence-corrected chi connectivity index (χ3v) is 4.62. The van der Waals surface area contributed by atoms with Crippen LogP contribution in [-0.2, 0) is 6.18 Å². The molecule has 2 heterocycles. The fourth-order valence-corrected chi connectivity index (χ4v) is 3.55. The number of hydrogen-bond donors (Lipinski definition) is 0. The van der Waals surface area contributed by atoms with Crippen LogP contribution in [-0.4, -0.2) is 15.0 Å². The van der Waals surface area contributed by atoms with Gasteiger partial charge in [0, 0.05) is 11.1 Å². The SMILES string of the molecule is Cc1csc(Sc2nc3ccccc3nc2C(F)(F)F)n1. The zero-order chi connectivity index (χ0) is 15.0. The van der Waals surface area contributed by atoms with Gasteiger partial charge in [0.1, 0.15) is 5.03 Å². The van der Waals surface area contributed by atoms with E-state index in [-0.39, 0.29) is 10.5 Å². The van der Waals surface area contributed by atoms with E-state index in [0.29, 0.717) is 9.86 Å². The lowest BCUT2D eigenvalue weighted by Gasteiger charge is -2.10. The van der Waals surface area contributed by atoms with Crippen molar-refractivity contribution in [2.24, 2.45) is 0 Å². The fraction of sp³-hybridized carbons (Fsp3) is 0.154. The van der Waals surface area contributed by atoms with Crippen molar-refractivity contribution in [2.45, 2.75) is 22.5 Å². The normalized spacial score (nSPS) is 12.0. The van der Waals surface area contributed by atoms with Crippen molar-refractivity contribution >= 4 is 34.1 Å². The van der Waals surface area contributed by atoms with E-state index in [0.717, 1.165) is 17.5 Å². The van der Waals surface area contributed by atoms with Gasteiger partial charge in [-0.25, -0.2) is 15.0 Å². The molecule has 0 aliphatic heterocycles. The van der Waals surface area contributed by atoms with Crippen LogP contribution in [0.15, 0.2) is 39.0 Å². The lowest BCUT2D eigenvalue weighted by molar-refractivity contribution is -0.143. The third kappa shape index (κ3) is 3.01. The van der Waals surface area contributed by atoms with Crippen LogP contribution < -0.4 is 0 Å². The van der Waals surface area contributed by atoms with Crippen molar-refractivity contribution in [1.29, 1.82) is 0 Å². The molecule has 2 aromatic heterocycles. The van der Waals surface area contributed by atoms with E-state index < -0.39 is 11.9 Å². The Bertz CT molecular complexity index is 799. The first-order valence-electron chi connectivity index (χ1n) is 5.87. The molecule has 0 N–H and O–H groups in total. The van der Waals surface area contributed by atoms with Crippen LogP contribution in [0, 0.1) is 6.92 Å². The number of aromatic nitrogens is 3. The van der Waals surface area contributed by atoms with Gasteiger partial charge in [0.15, 0.2) is 10.0 Å². The zero-order valence-electron chi connectivity index (χ0n) is 10.7. The minimum absolute atomic E-state index is 0.171. The number of fused-ring (bicyclic) bond motifs is 1. The van der Waals surface area contributed by atoms with Gasteiger partial charge in [-0.05, 0) is 30.8 Å². The Balaban J connectivity index is 2.14. The predicted molar refractivity (Wildman–Crippen MR) is 75.5 cm³/mol. The number of halogens is 3. The maximum atomic E-state index is 13.2. The Kier molecular flexibility index (Phi) is 3.58. The van der Waals surface area contributed by atoms with Crippen LogP contribution in [0.1, 0.15) is 11.4 Å². The van der Waals surface area contributed by atoms with E-state index >= 15 is 0 Å². The van der Waals surface area contributed by atoms with Crippen molar-refractivity contribution in [3.05, 3.63) is 41.0 Å². The van der Waals surface area contributed by atoms with Gasteiger partial charge in [0.25, 0.3) is 0 Å². The second-order valence-electron chi connectivity index (χ2n) is 4.22. The summed E-state index contributed by atoms with van der Waals surface area (Å²) in [5, 5.41) is 1.61. The summed E-state index contributed by atoms with van der Waals surface area (Å²) in [6.07, 6.45) is -4.55. The summed E-state index contributed by atoms with van der Waals surface area (Å²) in [7, 11) is 0.